The molecule has 3 rings (SSSR count). The van der Waals surface area contributed by atoms with E-state index in [0.29, 0.717) is 18.7 Å². The molecule has 29 heavy (non-hydrogen) atoms. The summed E-state index contributed by atoms with van der Waals surface area (Å²) in [6.45, 7) is 2.06. The van der Waals surface area contributed by atoms with Gasteiger partial charge in [-0.25, -0.2) is 9.59 Å². The van der Waals surface area contributed by atoms with Crippen LogP contribution in [0.1, 0.15) is 11.1 Å². The van der Waals surface area contributed by atoms with Crippen LogP contribution in [0.25, 0.3) is 0 Å². The summed E-state index contributed by atoms with van der Waals surface area (Å²) in [5, 5.41) is 12.6. The first-order chi connectivity index (χ1) is 14.0. The van der Waals surface area contributed by atoms with Crippen molar-refractivity contribution >= 4 is 24.0 Å². The molecule has 1 fully saturated rings. The highest BCUT2D eigenvalue weighted by Crippen LogP contribution is 2.21. The van der Waals surface area contributed by atoms with Gasteiger partial charge in [-0.15, -0.1) is 0 Å². The van der Waals surface area contributed by atoms with Gasteiger partial charge >= 0.3 is 12.1 Å². The second kappa shape index (κ2) is 9.59. The van der Waals surface area contributed by atoms with Gasteiger partial charge in [0.05, 0.1) is 6.54 Å². The maximum absolute atomic E-state index is 12.0. The van der Waals surface area contributed by atoms with E-state index in [9.17, 15) is 9.59 Å². The molecule has 0 spiro atoms. The number of carboxylic acids is 1. The molecule has 8 nitrogen and oxygen atoms in total. The Kier molecular flexibility index (Phi) is 6.67. The molecule has 1 unspecified atom stereocenters. The van der Waals surface area contributed by atoms with Crippen molar-refractivity contribution in [1.82, 2.24) is 0 Å². The molecule has 0 bridgehead atoms. The maximum Gasteiger partial charge on any atom is 0.414 e. The lowest BCUT2D eigenvalue weighted by molar-refractivity contribution is -0.139. The third-order valence-corrected chi connectivity index (χ3v) is 4.27. The zero-order chi connectivity index (χ0) is 20.6. The van der Waals surface area contributed by atoms with Crippen molar-refractivity contribution in [3.05, 3.63) is 59.7 Å². The SMILES string of the molecule is Cc1cc(CC=NOCC2CN(c3ccccc3)C(=O)O2)ccc1OCC(=O)O. The lowest BCUT2D eigenvalue weighted by Crippen LogP contribution is -2.25. The number of benzene rings is 2. The Bertz CT molecular complexity index is 884. The zero-order valence-electron chi connectivity index (χ0n) is 16.0. The normalized spacial score (nSPS) is 16.1. The molecule has 1 aliphatic rings. The molecule has 152 valence electrons. The van der Waals surface area contributed by atoms with Crippen LogP contribution in [0.15, 0.2) is 53.7 Å². The van der Waals surface area contributed by atoms with E-state index in [4.69, 9.17) is 19.4 Å². The quantitative estimate of drug-likeness (QED) is 0.515. The third kappa shape index (κ3) is 5.71. The summed E-state index contributed by atoms with van der Waals surface area (Å²) >= 11 is 0. The first-order valence-electron chi connectivity index (χ1n) is 9.14. The van der Waals surface area contributed by atoms with Gasteiger partial charge in [0, 0.05) is 18.3 Å². The van der Waals surface area contributed by atoms with Gasteiger partial charge in [0.25, 0.3) is 0 Å². The first-order valence-corrected chi connectivity index (χ1v) is 9.14. The van der Waals surface area contributed by atoms with Crippen LogP contribution in [-0.2, 0) is 20.8 Å². The minimum absolute atomic E-state index is 0.173. The van der Waals surface area contributed by atoms with Crippen LogP contribution in [0.4, 0.5) is 10.5 Å². The summed E-state index contributed by atoms with van der Waals surface area (Å²) < 4.78 is 10.5. The number of oxime groups is 1. The van der Waals surface area contributed by atoms with E-state index < -0.39 is 12.1 Å². The van der Waals surface area contributed by atoms with Crippen molar-refractivity contribution in [3.63, 3.8) is 0 Å². The highest BCUT2D eigenvalue weighted by molar-refractivity contribution is 5.89. The lowest BCUT2D eigenvalue weighted by atomic mass is 10.1. The Labute approximate surface area is 168 Å². The number of hydrogen-bond acceptors (Lipinski definition) is 6. The second-order valence-corrected chi connectivity index (χ2v) is 6.52. The highest BCUT2D eigenvalue weighted by Gasteiger charge is 2.32. The minimum atomic E-state index is -1.02. The van der Waals surface area contributed by atoms with Crippen LogP contribution in [0.3, 0.4) is 0 Å². The summed E-state index contributed by atoms with van der Waals surface area (Å²) in [5.74, 6) is -0.479. The van der Waals surface area contributed by atoms with Gasteiger partial charge in [-0.2, -0.15) is 0 Å². The number of carbonyl (C=O) groups excluding carboxylic acids is 1. The van der Waals surface area contributed by atoms with Gasteiger partial charge in [-0.1, -0.05) is 35.5 Å². The van der Waals surface area contributed by atoms with E-state index in [0.717, 1.165) is 16.8 Å². The Morgan fingerprint density at radius 1 is 1.31 bits per heavy atom. The van der Waals surface area contributed by atoms with Gasteiger partial charge in [0.15, 0.2) is 19.3 Å². The Hall–Kier alpha value is -3.55. The molecule has 1 N–H and O–H groups in total. The molecule has 8 heteroatoms. The van der Waals surface area contributed by atoms with E-state index in [1.54, 1.807) is 17.2 Å². The van der Waals surface area contributed by atoms with Gasteiger partial charge in [0.2, 0.25) is 0 Å². The number of aryl methyl sites for hydroxylation is 1. The van der Waals surface area contributed by atoms with E-state index in [1.165, 1.54) is 0 Å². The topological polar surface area (TPSA) is 97.7 Å². The fraction of sp³-hybridized carbons (Fsp3) is 0.286. The zero-order valence-corrected chi connectivity index (χ0v) is 16.0. The third-order valence-electron chi connectivity index (χ3n) is 4.27. The molecule has 1 amide bonds. The largest absolute Gasteiger partial charge is 0.482 e. The smallest absolute Gasteiger partial charge is 0.414 e. The van der Waals surface area contributed by atoms with Crippen LogP contribution < -0.4 is 9.64 Å². The van der Waals surface area contributed by atoms with Crippen molar-refractivity contribution in [3.8, 4) is 5.75 Å². The Morgan fingerprint density at radius 2 is 2.10 bits per heavy atom. The summed E-state index contributed by atoms with van der Waals surface area (Å²) in [4.78, 5) is 29.4. The number of anilines is 1. The number of amides is 1. The van der Waals surface area contributed by atoms with E-state index >= 15 is 0 Å². The minimum Gasteiger partial charge on any atom is -0.482 e. The van der Waals surface area contributed by atoms with Crippen LogP contribution in [0.5, 0.6) is 5.75 Å². The molecular formula is C21H22N2O6. The Balaban J connectivity index is 1.42. The monoisotopic (exact) mass is 398 g/mol. The number of hydrogen-bond donors (Lipinski definition) is 1. The molecule has 1 aliphatic heterocycles. The molecule has 0 radical (unpaired) electrons. The van der Waals surface area contributed by atoms with Gasteiger partial charge in [0.1, 0.15) is 5.75 Å². The number of cyclic esters (lactones) is 1. The van der Waals surface area contributed by atoms with E-state index in [2.05, 4.69) is 5.16 Å². The lowest BCUT2D eigenvalue weighted by Gasteiger charge is -2.12. The van der Waals surface area contributed by atoms with Gasteiger partial charge in [-0.3, -0.25) is 4.90 Å². The molecule has 2 aromatic carbocycles. The van der Waals surface area contributed by atoms with Gasteiger partial charge in [-0.05, 0) is 36.2 Å². The molecule has 1 atom stereocenters. The predicted octanol–water partition coefficient (Wildman–Crippen LogP) is 3.03. The van der Waals surface area contributed by atoms with Crippen molar-refractivity contribution in [2.24, 2.45) is 5.16 Å². The van der Waals surface area contributed by atoms with Crippen LogP contribution in [0.2, 0.25) is 0 Å². The highest BCUT2D eigenvalue weighted by atomic mass is 16.7. The molecule has 1 heterocycles. The van der Waals surface area contributed by atoms with Crippen LogP contribution in [0, 0.1) is 6.92 Å². The molecule has 0 aliphatic carbocycles. The second-order valence-electron chi connectivity index (χ2n) is 6.52. The predicted molar refractivity (Wildman–Crippen MR) is 107 cm³/mol. The van der Waals surface area contributed by atoms with Crippen LogP contribution in [-0.4, -0.2) is 49.2 Å². The number of carbonyl (C=O) groups is 2. The molecule has 1 saturated heterocycles. The first kappa shape index (κ1) is 20.2. The summed E-state index contributed by atoms with van der Waals surface area (Å²) in [6, 6.07) is 14.8. The Morgan fingerprint density at radius 3 is 2.83 bits per heavy atom. The van der Waals surface area contributed by atoms with E-state index in [1.807, 2.05) is 49.4 Å². The fourth-order valence-corrected chi connectivity index (χ4v) is 2.89. The molecule has 2 aromatic rings. The summed E-state index contributed by atoms with van der Waals surface area (Å²) in [5.41, 5.74) is 2.62. The number of carboxylic acid groups (broad SMARTS) is 1. The maximum atomic E-state index is 12.0. The molecule has 0 aromatic heterocycles. The van der Waals surface area contributed by atoms with Crippen molar-refractivity contribution in [2.75, 3.05) is 24.7 Å². The molecular weight excluding hydrogens is 376 g/mol. The standard InChI is InChI=1S/C21H22N2O6/c1-15-11-16(7-8-19(15)27-14-20(24)25)9-10-22-28-13-18-12-23(21(26)29-18)17-5-3-2-4-6-17/h2-8,10-11,18H,9,12-14H2,1H3,(H,24,25). The number of ether oxygens (including phenoxy) is 2. The van der Waals surface area contributed by atoms with Crippen LogP contribution >= 0.6 is 0 Å². The number of nitrogens with zero attached hydrogens (tertiary/aromatic N) is 2. The summed E-state index contributed by atoms with van der Waals surface area (Å²) in [7, 11) is 0. The van der Waals surface area contributed by atoms with E-state index in [-0.39, 0.29) is 19.3 Å². The number of aliphatic carboxylic acids is 1. The van der Waals surface area contributed by atoms with Crippen molar-refractivity contribution < 1.29 is 29.0 Å². The average molecular weight is 398 g/mol. The number of rotatable bonds is 9. The average Bonchev–Trinajstić information content (AvgIpc) is 3.08. The number of para-hydroxylation sites is 1. The summed E-state index contributed by atoms with van der Waals surface area (Å²) in [6.07, 6.45) is 1.39. The van der Waals surface area contributed by atoms with Gasteiger partial charge < -0.3 is 19.4 Å². The molecule has 0 saturated carbocycles. The fourth-order valence-electron chi connectivity index (χ4n) is 2.89. The van der Waals surface area contributed by atoms with Crippen molar-refractivity contribution in [1.29, 1.82) is 0 Å². The van der Waals surface area contributed by atoms with Crippen molar-refractivity contribution in [2.45, 2.75) is 19.4 Å².